The first kappa shape index (κ1) is 18.8. The number of ether oxygens (including phenoxy) is 1. The van der Waals surface area contributed by atoms with E-state index in [4.69, 9.17) is 4.74 Å². The molecule has 0 unspecified atom stereocenters. The minimum absolute atomic E-state index is 0.0428. The normalized spacial score (nSPS) is 12.1. The van der Waals surface area contributed by atoms with Crippen molar-refractivity contribution in [3.63, 3.8) is 0 Å². The number of hydrogen-bond donors (Lipinski definition) is 1. The lowest BCUT2D eigenvalue weighted by molar-refractivity contribution is -0.123. The van der Waals surface area contributed by atoms with Gasteiger partial charge < -0.3 is 10.1 Å². The molecule has 0 heterocycles. The molecule has 130 valence electrons. The Labute approximate surface area is 152 Å². The second-order valence-corrected chi connectivity index (χ2v) is 6.90. The number of unbranched alkanes of at least 4 members (excludes halogenated alkanes) is 1. The minimum atomic E-state index is -0.0648. The maximum Gasteiger partial charge on any atom is 0.257 e. The molecule has 2 rings (SSSR count). The zero-order valence-electron chi connectivity index (χ0n) is 14.5. The number of nitrogens with one attached hydrogen (secondary N) is 1. The molecule has 0 radical (unpaired) electrons. The molecule has 0 aliphatic rings. The van der Waals surface area contributed by atoms with Gasteiger partial charge in [-0.2, -0.15) is 0 Å². The molecule has 1 atom stereocenters. The van der Waals surface area contributed by atoms with Gasteiger partial charge in [-0.1, -0.05) is 63.4 Å². The smallest absolute Gasteiger partial charge is 0.257 e. The van der Waals surface area contributed by atoms with Crippen LogP contribution in [0.1, 0.15) is 39.5 Å². The molecule has 0 aliphatic heterocycles. The highest BCUT2D eigenvalue weighted by Crippen LogP contribution is 2.32. The molecule has 0 aromatic heterocycles. The Hall–Kier alpha value is -1.55. The Morgan fingerprint density at radius 2 is 2.00 bits per heavy atom. The van der Waals surface area contributed by atoms with Gasteiger partial charge in [-0.15, -0.1) is 0 Å². The number of amides is 1. The average Bonchev–Trinajstić information content (AvgIpc) is 2.61. The molecule has 0 bridgehead atoms. The summed E-state index contributed by atoms with van der Waals surface area (Å²) in [6.07, 6.45) is 4.68. The summed E-state index contributed by atoms with van der Waals surface area (Å²) in [5.41, 5.74) is 0. The summed E-state index contributed by atoms with van der Waals surface area (Å²) in [7, 11) is 0. The Bertz CT molecular complexity index is 672. The van der Waals surface area contributed by atoms with Crippen molar-refractivity contribution < 1.29 is 9.53 Å². The van der Waals surface area contributed by atoms with E-state index in [1.54, 1.807) is 0 Å². The highest BCUT2D eigenvalue weighted by atomic mass is 79.9. The lowest BCUT2D eigenvalue weighted by Crippen LogP contribution is -2.33. The number of carbonyl (C=O) groups is 1. The van der Waals surface area contributed by atoms with E-state index in [1.807, 2.05) is 30.3 Å². The fourth-order valence-electron chi connectivity index (χ4n) is 2.72. The van der Waals surface area contributed by atoms with Crippen LogP contribution in [0.15, 0.2) is 40.9 Å². The van der Waals surface area contributed by atoms with Crippen LogP contribution in [-0.2, 0) is 4.79 Å². The van der Waals surface area contributed by atoms with Crippen LogP contribution in [0.2, 0.25) is 0 Å². The number of halogens is 1. The molecule has 0 aliphatic carbocycles. The van der Waals surface area contributed by atoms with Gasteiger partial charge in [-0.05, 0) is 45.1 Å². The predicted octanol–water partition coefficient (Wildman–Crippen LogP) is 5.31. The van der Waals surface area contributed by atoms with E-state index in [0.717, 1.165) is 28.2 Å². The summed E-state index contributed by atoms with van der Waals surface area (Å²) in [4.78, 5) is 12.0. The maximum absolute atomic E-state index is 12.0. The van der Waals surface area contributed by atoms with Gasteiger partial charge in [0.25, 0.3) is 5.91 Å². The van der Waals surface area contributed by atoms with E-state index in [9.17, 15) is 4.79 Å². The van der Waals surface area contributed by atoms with Crippen LogP contribution in [0.25, 0.3) is 10.8 Å². The van der Waals surface area contributed by atoms with E-state index in [1.165, 1.54) is 19.3 Å². The summed E-state index contributed by atoms with van der Waals surface area (Å²) in [5, 5.41) is 5.22. The topological polar surface area (TPSA) is 38.3 Å². The molecule has 24 heavy (non-hydrogen) atoms. The molecule has 4 heteroatoms. The summed E-state index contributed by atoms with van der Waals surface area (Å²) in [6, 6.07) is 12.0. The van der Waals surface area contributed by atoms with Gasteiger partial charge in [0.2, 0.25) is 0 Å². The largest absolute Gasteiger partial charge is 0.483 e. The van der Waals surface area contributed by atoms with Crippen LogP contribution < -0.4 is 10.1 Å². The van der Waals surface area contributed by atoms with Crippen LogP contribution in [0.5, 0.6) is 5.75 Å². The van der Waals surface area contributed by atoms with Crippen molar-refractivity contribution in [1.29, 1.82) is 0 Å². The van der Waals surface area contributed by atoms with E-state index < -0.39 is 0 Å². The zero-order chi connectivity index (χ0) is 17.4. The monoisotopic (exact) mass is 391 g/mol. The number of rotatable bonds is 9. The summed E-state index contributed by atoms with van der Waals surface area (Å²) in [6.45, 7) is 5.15. The van der Waals surface area contributed by atoms with Crippen LogP contribution in [0, 0.1) is 5.92 Å². The predicted molar refractivity (Wildman–Crippen MR) is 103 cm³/mol. The minimum Gasteiger partial charge on any atom is -0.483 e. The van der Waals surface area contributed by atoms with Gasteiger partial charge in [0.15, 0.2) is 6.61 Å². The van der Waals surface area contributed by atoms with Gasteiger partial charge in [0.05, 0.1) is 4.47 Å². The molecule has 2 aromatic carbocycles. The van der Waals surface area contributed by atoms with Crippen LogP contribution in [0.3, 0.4) is 0 Å². The third kappa shape index (κ3) is 5.23. The third-order valence-electron chi connectivity index (χ3n) is 4.32. The summed E-state index contributed by atoms with van der Waals surface area (Å²) in [5.74, 6) is 1.19. The lowest BCUT2D eigenvalue weighted by atomic mass is 9.99. The van der Waals surface area contributed by atoms with Crippen LogP contribution in [-0.4, -0.2) is 19.1 Å². The van der Waals surface area contributed by atoms with Gasteiger partial charge in [0.1, 0.15) is 5.75 Å². The van der Waals surface area contributed by atoms with E-state index >= 15 is 0 Å². The Morgan fingerprint density at radius 3 is 2.75 bits per heavy atom. The van der Waals surface area contributed by atoms with Crippen molar-refractivity contribution in [3.8, 4) is 5.75 Å². The van der Waals surface area contributed by atoms with Gasteiger partial charge in [0, 0.05) is 6.54 Å². The lowest BCUT2D eigenvalue weighted by Gasteiger charge is -2.16. The van der Waals surface area contributed by atoms with Gasteiger partial charge in [-0.25, -0.2) is 0 Å². The first-order chi connectivity index (χ1) is 11.7. The Kier molecular flexibility index (Phi) is 7.57. The van der Waals surface area contributed by atoms with E-state index in [0.29, 0.717) is 11.7 Å². The molecule has 0 spiro atoms. The molecular formula is C20H26BrNO2. The summed E-state index contributed by atoms with van der Waals surface area (Å²) >= 11 is 3.58. The summed E-state index contributed by atoms with van der Waals surface area (Å²) < 4.78 is 6.59. The number of hydrogen-bond acceptors (Lipinski definition) is 2. The molecule has 0 saturated heterocycles. The van der Waals surface area contributed by atoms with E-state index in [-0.39, 0.29) is 12.5 Å². The SMILES string of the molecule is CCCC[C@@H](CC)CNC(=O)COc1ccc2ccccc2c1Br. The molecule has 3 nitrogen and oxygen atoms in total. The van der Waals surface area contributed by atoms with Crippen LogP contribution in [0.4, 0.5) is 0 Å². The molecule has 2 aromatic rings. The Balaban J connectivity index is 1.86. The van der Waals surface area contributed by atoms with Crippen molar-refractivity contribution in [2.45, 2.75) is 39.5 Å². The zero-order valence-corrected chi connectivity index (χ0v) is 16.1. The standard InChI is InChI=1S/C20H26BrNO2/c1-3-5-8-15(4-2)13-22-19(23)14-24-18-12-11-16-9-6-7-10-17(16)20(18)21/h6-7,9-12,15H,3-5,8,13-14H2,1-2H3,(H,22,23)/t15-/m1/s1. The van der Waals surface area contributed by atoms with Crippen molar-refractivity contribution in [2.75, 3.05) is 13.2 Å². The van der Waals surface area contributed by atoms with Crippen molar-refractivity contribution in [1.82, 2.24) is 5.32 Å². The molecule has 0 fully saturated rings. The molecule has 1 N–H and O–H groups in total. The fraction of sp³-hybridized carbons (Fsp3) is 0.450. The first-order valence-electron chi connectivity index (χ1n) is 8.72. The number of carbonyl (C=O) groups excluding carboxylic acids is 1. The molecular weight excluding hydrogens is 366 g/mol. The molecule has 1 amide bonds. The number of benzene rings is 2. The highest BCUT2D eigenvalue weighted by Gasteiger charge is 2.11. The van der Waals surface area contributed by atoms with Crippen molar-refractivity contribution in [2.24, 2.45) is 5.92 Å². The quantitative estimate of drug-likeness (QED) is 0.628. The number of fused-ring (bicyclic) bond motifs is 1. The van der Waals surface area contributed by atoms with Gasteiger partial charge >= 0.3 is 0 Å². The Morgan fingerprint density at radius 1 is 1.21 bits per heavy atom. The third-order valence-corrected chi connectivity index (χ3v) is 5.14. The first-order valence-corrected chi connectivity index (χ1v) is 9.51. The highest BCUT2D eigenvalue weighted by molar-refractivity contribution is 9.10. The average molecular weight is 392 g/mol. The van der Waals surface area contributed by atoms with Crippen LogP contribution >= 0.6 is 15.9 Å². The van der Waals surface area contributed by atoms with Crippen molar-refractivity contribution >= 4 is 32.6 Å². The second-order valence-electron chi connectivity index (χ2n) is 6.11. The second kappa shape index (κ2) is 9.67. The van der Waals surface area contributed by atoms with Crippen molar-refractivity contribution in [3.05, 3.63) is 40.9 Å². The fourth-order valence-corrected chi connectivity index (χ4v) is 3.33. The van der Waals surface area contributed by atoms with Gasteiger partial charge in [-0.3, -0.25) is 4.79 Å². The maximum atomic E-state index is 12.0. The van der Waals surface area contributed by atoms with E-state index in [2.05, 4.69) is 41.2 Å². The molecule has 0 saturated carbocycles.